The Balaban J connectivity index is 1.61. The molecular weight excluding hydrogens is 418 g/mol. The summed E-state index contributed by atoms with van der Waals surface area (Å²) in [5.41, 5.74) is 1.91. The fourth-order valence-electron chi connectivity index (χ4n) is 4.24. The summed E-state index contributed by atoms with van der Waals surface area (Å²) < 4.78 is 14.7. The molecule has 1 aliphatic rings. The molecule has 1 saturated carbocycles. The number of aryl methyl sites for hydroxylation is 1. The van der Waals surface area contributed by atoms with E-state index in [9.17, 15) is 0 Å². The summed E-state index contributed by atoms with van der Waals surface area (Å²) >= 11 is 0. The molecule has 32 heavy (non-hydrogen) atoms. The topological polar surface area (TPSA) is 78.0 Å². The van der Waals surface area contributed by atoms with Crippen LogP contribution in [-0.4, -0.2) is 40.7 Å². The van der Waals surface area contributed by atoms with E-state index in [-0.39, 0.29) is 5.04 Å². The first-order valence-corrected chi connectivity index (χ1v) is 14.7. The molecule has 0 unspecified atom stereocenters. The van der Waals surface area contributed by atoms with E-state index in [1.165, 1.54) is 0 Å². The number of nitrogens with one attached hydrogen (secondary N) is 1. The second kappa shape index (κ2) is 8.63. The molecule has 0 spiro atoms. The van der Waals surface area contributed by atoms with Crippen molar-refractivity contribution < 1.29 is 8.84 Å². The van der Waals surface area contributed by atoms with Gasteiger partial charge in [-0.2, -0.15) is 5.10 Å². The molecular formula is C24H37N5O2Si. The lowest BCUT2D eigenvalue weighted by Crippen LogP contribution is -2.44. The van der Waals surface area contributed by atoms with Crippen molar-refractivity contribution in [3.8, 4) is 11.5 Å². The van der Waals surface area contributed by atoms with Gasteiger partial charge >= 0.3 is 0 Å². The smallest absolute Gasteiger partial charge is 0.192 e. The van der Waals surface area contributed by atoms with Crippen LogP contribution in [0.4, 0.5) is 5.82 Å². The first-order valence-electron chi connectivity index (χ1n) is 11.8. The van der Waals surface area contributed by atoms with Crippen LogP contribution in [-0.2, 0) is 4.43 Å². The van der Waals surface area contributed by atoms with E-state index in [1.54, 1.807) is 6.20 Å². The monoisotopic (exact) mass is 455 g/mol. The number of fused-ring (bicyclic) bond motifs is 1. The summed E-state index contributed by atoms with van der Waals surface area (Å²) in [6, 6.07) is 2.45. The number of nitrogens with zero attached hydrogens (tertiary/aromatic N) is 4. The zero-order valence-corrected chi connectivity index (χ0v) is 21.5. The molecule has 3 aromatic heterocycles. The molecule has 4 rings (SSSR count). The first-order chi connectivity index (χ1) is 15.1. The van der Waals surface area contributed by atoms with Crippen LogP contribution in [0.1, 0.15) is 65.3 Å². The Morgan fingerprint density at radius 2 is 1.88 bits per heavy atom. The molecule has 0 aliphatic heterocycles. The third kappa shape index (κ3) is 4.48. The Bertz CT molecular complexity index is 1070. The largest absolute Gasteiger partial charge is 0.439 e. The van der Waals surface area contributed by atoms with E-state index in [2.05, 4.69) is 66.8 Å². The van der Waals surface area contributed by atoms with E-state index >= 15 is 0 Å². The van der Waals surface area contributed by atoms with Crippen molar-refractivity contribution in [3.05, 3.63) is 24.4 Å². The van der Waals surface area contributed by atoms with Crippen molar-refractivity contribution in [2.24, 2.45) is 0 Å². The van der Waals surface area contributed by atoms with Gasteiger partial charge in [0.25, 0.3) is 0 Å². The van der Waals surface area contributed by atoms with Crippen molar-refractivity contribution >= 4 is 25.0 Å². The van der Waals surface area contributed by atoms with Gasteiger partial charge in [0.1, 0.15) is 11.5 Å². The molecule has 0 amide bonds. The minimum atomic E-state index is -1.75. The van der Waals surface area contributed by atoms with Crippen molar-refractivity contribution in [2.45, 2.75) is 90.6 Å². The van der Waals surface area contributed by atoms with Crippen LogP contribution in [0.2, 0.25) is 18.1 Å². The van der Waals surface area contributed by atoms with Gasteiger partial charge in [0.05, 0.1) is 17.8 Å². The zero-order valence-electron chi connectivity index (χ0n) is 20.5. The Morgan fingerprint density at radius 1 is 1.16 bits per heavy atom. The van der Waals surface area contributed by atoms with Crippen LogP contribution in [0.5, 0.6) is 0 Å². The van der Waals surface area contributed by atoms with Gasteiger partial charge in [-0.15, -0.1) is 0 Å². The predicted octanol–water partition coefficient (Wildman–Crippen LogP) is 6.33. The second-order valence-electron chi connectivity index (χ2n) is 10.5. The molecule has 174 valence electrons. The van der Waals surface area contributed by atoms with E-state index in [0.717, 1.165) is 54.6 Å². The lowest BCUT2D eigenvalue weighted by atomic mass is 9.93. The maximum absolute atomic E-state index is 6.71. The summed E-state index contributed by atoms with van der Waals surface area (Å²) in [5.74, 6) is 2.21. The fourth-order valence-corrected chi connectivity index (χ4v) is 5.66. The highest BCUT2D eigenvalue weighted by Crippen LogP contribution is 2.41. The maximum Gasteiger partial charge on any atom is 0.192 e. The molecule has 0 radical (unpaired) electrons. The van der Waals surface area contributed by atoms with E-state index in [0.29, 0.717) is 23.8 Å². The summed E-state index contributed by atoms with van der Waals surface area (Å²) in [5, 5.41) is 9.59. The van der Waals surface area contributed by atoms with Crippen LogP contribution in [0.15, 0.2) is 22.9 Å². The predicted molar refractivity (Wildman–Crippen MR) is 132 cm³/mol. The van der Waals surface area contributed by atoms with Crippen molar-refractivity contribution in [1.29, 1.82) is 0 Å². The number of hydrogen-bond donors (Lipinski definition) is 1. The van der Waals surface area contributed by atoms with Crippen LogP contribution in [0, 0.1) is 6.92 Å². The molecule has 1 fully saturated rings. The molecule has 0 atom stereocenters. The number of hydrogen-bond acceptors (Lipinski definition) is 6. The third-order valence-electron chi connectivity index (χ3n) is 7.06. The Kier molecular flexibility index (Phi) is 6.20. The highest BCUT2D eigenvalue weighted by atomic mass is 28.4. The fraction of sp³-hybridized carbons (Fsp3) is 0.625. The number of anilines is 1. The van der Waals surface area contributed by atoms with Gasteiger partial charge in [-0.1, -0.05) is 20.8 Å². The van der Waals surface area contributed by atoms with Gasteiger partial charge in [0.15, 0.2) is 20.0 Å². The van der Waals surface area contributed by atoms with Crippen LogP contribution < -0.4 is 5.32 Å². The summed E-state index contributed by atoms with van der Waals surface area (Å²) in [6.07, 6.45) is 8.26. The van der Waals surface area contributed by atoms with Gasteiger partial charge in [-0.25, -0.2) is 9.97 Å². The standard InChI is InChI=1S/C24H37N5O2Si/c1-8-25-22-13-20-19(14-27-22)23(21-15-26-16(2)30-21)28-29(20)17-9-11-18(12-10-17)31-32(6,7)24(3,4)5/h13-15,17-18H,8-12H2,1-7H3,(H,25,27). The molecule has 1 aliphatic carbocycles. The lowest BCUT2D eigenvalue weighted by Gasteiger charge is -2.41. The number of aromatic nitrogens is 4. The molecule has 0 saturated heterocycles. The van der Waals surface area contributed by atoms with Gasteiger partial charge in [-0.3, -0.25) is 4.68 Å². The average Bonchev–Trinajstić information content (AvgIpc) is 3.31. The van der Waals surface area contributed by atoms with Crippen LogP contribution in [0.25, 0.3) is 22.4 Å². The van der Waals surface area contributed by atoms with Gasteiger partial charge in [0, 0.05) is 37.2 Å². The molecule has 3 heterocycles. The highest BCUT2D eigenvalue weighted by Gasteiger charge is 2.40. The minimum Gasteiger partial charge on any atom is -0.439 e. The molecule has 0 aromatic carbocycles. The number of oxazole rings is 1. The minimum absolute atomic E-state index is 0.238. The second-order valence-corrected chi connectivity index (χ2v) is 15.2. The van der Waals surface area contributed by atoms with E-state index in [4.69, 9.17) is 13.9 Å². The van der Waals surface area contributed by atoms with Crippen LogP contribution in [0.3, 0.4) is 0 Å². The molecule has 1 N–H and O–H groups in total. The third-order valence-corrected chi connectivity index (χ3v) is 11.6. The Hall–Kier alpha value is -2.19. The average molecular weight is 456 g/mol. The van der Waals surface area contributed by atoms with Gasteiger partial charge in [0.2, 0.25) is 0 Å². The molecule has 3 aromatic rings. The first kappa shape index (κ1) is 23.0. The van der Waals surface area contributed by atoms with Crippen molar-refractivity contribution in [1.82, 2.24) is 19.7 Å². The van der Waals surface area contributed by atoms with Gasteiger partial charge in [-0.05, 0) is 50.7 Å². The maximum atomic E-state index is 6.71. The zero-order chi connectivity index (χ0) is 23.1. The van der Waals surface area contributed by atoms with Gasteiger partial charge < -0.3 is 14.2 Å². The van der Waals surface area contributed by atoms with E-state index in [1.807, 2.05) is 13.1 Å². The summed E-state index contributed by atoms with van der Waals surface area (Å²) in [6.45, 7) is 16.4. The van der Waals surface area contributed by atoms with Crippen molar-refractivity contribution in [3.63, 3.8) is 0 Å². The van der Waals surface area contributed by atoms with E-state index < -0.39 is 8.32 Å². The summed E-state index contributed by atoms with van der Waals surface area (Å²) in [7, 11) is -1.75. The molecule has 8 heteroatoms. The molecule has 7 nitrogen and oxygen atoms in total. The summed E-state index contributed by atoms with van der Waals surface area (Å²) in [4.78, 5) is 8.85. The quantitative estimate of drug-likeness (QED) is 0.437. The number of pyridine rings is 1. The van der Waals surface area contributed by atoms with Crippen molar-refractivity contribution in [2.75, 3.05) is 11.9 Å². The molecule has 0 bridgehead atoms. The normalized spacial score (nSPS) is 20.1. The number of rotatable bonds is 6. The Morgan fingerprint density at radius 3 is 2.47 bits per heavy atom. The van der Waals surface area contributed by atoms with Crippen LogP contribution >= 0.6 is 0 Å². The lowest BCUT2D eigenvalue weighted by molar-refractivity contribution is 0.116. The SMILES string of the molecule is CCNc1cc2c(cn1)c(-c1cnc(C)o1)nn2C1CCC(O[Si](C)(C)C(C)(C)C)CC1. The Labute approximate surface area is 192 Å². The highest BCUT2D eigenvalue weighted by molar-refractivity contribution is 6.74.